The van der Waals surface area contributed by atoms with Gasteiger partial charge in [0.15, 0.2) is 17.2 Å². The summed E-state index contributed by atoms with van der Waals surface area (Å²) < 4.78 is 33.0. The number of urea groups is 1. The van der Waals surface area contributed by atoms with Crippen LogP contribution in [0.2, 0.25) is 5.02 Å². The number of carboxylic acids is 2. The molecule has 0 unspecified atom stereocenters. The molecule has 0 radical (unpaired) electrons. The Morgan fingerprint density at radius 1 is 1.07 bits per heavy atom. The number of ether oxygens (including phenoxy) is 1. The number of carbonyl (C=O) groups excluding carboxylic acids is 1. The number of nitrogens with zero attached hydrogens (tertiary/aromatic N) is 1. The monoisotopic (exact) mass is 650 g/mol. The Morgan fingerprint density at radius 3 is 2.44 bits per heavy atom. The quantitative estimate of drug-likeness (QED) is 0.185. The zero-order valence-corrected chi connectivity index (χ0v) is 25.5. The second kappa shape index (κ2) is 14.1. The summed E-state index contributed by atoms with van der Waals surface area (Å²) in [5.41, 5.74) is 2.44. The van der Waals surface area contributed by atoms with Crippen molar-refractivity contribution in [1.29, 1.82) is 0 Å². The molecule has 2 aromatic carbocycles. The molecular weight excluding hydrogens is 620 g/mol. The van der Waals surface area contributed by atoms with Gasteiger partial charge in [0.1, 0.15) is 5.02 Å². The zero-order chi connectivity index (χ0) is 31.1. The second-order valence-corrected chi connectivity index (χ2v) is 13.1. The van der Waals surface area contributed by atoms with Crippen molar-refractivity contribution >= 4 is 62.3 Å². The molecule has 1 aliphatic rings. The van der Waals surface area contributed by atoms with Gasteiger partial charge in [0.2, 0.25) is 10.0 Å². The van der Waals surface area contributed by atoms with Crippen molar-refractivity contribution in [1.82, 2.24) is 9.62 Å². The summed E-state index contributed by atoms with van der Waals surface area (Å²) in [7, 11) is -3.59. The lowest BCUT2D eigenvalue weighted by molar-refractivity contribution is -0.139. The molecule has 230 valence electrons. The number of hydrogen-bond donors (Lipinski definition) is 5. The van der Waals surface area contributed by atoms with Crippen LogP contribution in [-0.2, 0) is 20.6 Å². The molecule has 1 saturated heterocycles. The SMILES string of the molecule is CCNC(=O)Nc1cccc(CS(=O)(=O)N2CCC(Nc3cccc(-c4sc(C(=O)O)c(OCC(=O)O)c4Cl)c3)CC2)c1. The Hall–Kier alpha value is -3.85. The number of nitrogens with one attached hydrogen (secondary N) is 3. The van der Waals surface area contributed by atoms with Crippen molar-refractivity contribution in [3.8, 4) is 16.2 Å². The van der Waals surface area contributed by atoms with Crippen molar-refractivity contribution in [3.05, 3.63) is 64.0 Å². The van der Waals surface area contributed by atoms with E-state index in [1.54, 1.807) is 49.4 Å². The lowest BCUT2D eigenvalue weighted by atomic mass is 10.1. The van der Waals surface area contributed by atoms with Gasteiger partial charge in [-0.05, 0) is 55.2 Å². The molecule has 2 amide bonds. The Bertz CT molecular complexity index is 1600. The van der Waals surface area contributed by atoms with Gasteiger partial charge in [-0.1, -0.05) is 35.9 Å². The number of benzene rings is 2. The number of amides is 2. The van der Waals surface area contributed by atoms with Crippen LogP contribution in [0, 0.1) is 0 Å². The van der Waals surface area contributed by atoms with Crippen molar-refractivity contribution in [2.75, 3.05) is 36.9 Å². The molecule has 1 fully saturated rings. The summed E-state index contributed by atoms with van der Waals surface area (Å²) in [6.07, 6.45) is 1.14. The van der Waals surface area contributed by atoms with Crippen LogP contribution >= 0.6 is 22.9 Å². The Labute approximate surface area is 257 Å². The summed E-state index contributed by atoms with van der Waals surface area (Å²) in [6.45, 7) is 2.21. The van der Waals surface area contributed by atoms with E-state index in [1.165, 1.54) is 4.31 Å². The van der Waals surface area contributed by atoms with Crippen LogP contribution < -0.4 is 20.7 Å². The van der Waals surface area contributed by atoms with Gasteiger partial charge in [0.05, 0.1) is 10.6 Å². The van der Waals surface area contributed by atoms with Gasteiger partial charge < -0.3 is 30.9 Å². The molecule has 0 atom stereocenters. The van der Waals surface area contributed by atoms with Gasteiger partial charge in [0, 0.05) is 37.1 Å². The minimum atomic E-state index is -3.59. The number of carbonyl (C=O) groups is 3. The lowest BCUT2D eigenvalue weighted by Crippen LogP contribution is -2.42. The molecule has 1 aliphatic heterocycles. The lowest BCUT2D eigenvalue weighted by Gasteiger charge is -2.32. The van der Waals surface area contributed by atoms with Gasteiger partial charge in [-0.15, -0.1) is 11.3 Å². The number of carboxylic acid groups (broad SMARTS) is 2. The van der Waals surface area contributed by atoms with E-state index in [0.29, 0.717) is 54.2 Å². The summed E-state index contributed by atoms with van der Waals surface area (Å²) in [6, 6.07) is 13.6. The van der Waals surface area contributed by atoms with E-state index < -0.39 is 28.6 Å². The maximum atomic E-state index is 13.2. The molecule has 1 aromatic heterocycles. The number of anilines is 2. The van der Waals surface area contributed by atoms with Crippen LogP contribution in [0.4, 0.5) is 16.2 Å². The maximum absolute atomic E-state index is 13.2. The molecule has 43 heavy (non-hydrogen) atoms. The topological polar surface area (TPSA) is 174 Å². The van der Waals surface area contributed by atoms with Crippen LogP contribution in [0.1, 0.15) is 35.0 Å². The van der Waals surface area contributed by atoms with Crippen LogP contribution in [0.25, 0.3) is 10.4 Å². The van der Waals surface area contributed by atoms with Crippen molar-refractivity contribution in [3.63, 3.8) is 0 Å². The molecule has 5 N–H and O–H groups in total. The van der Waals surface area contributed by atoms with Gasteiger partial charge >= 0.3 is 18.0 Å². The fraction of sp³-hybridized carbons (Fsp3) is 0.321. The number of sulfonamides is 1. The average Bonchev–Trinajstić information content (AvgIpc) is 3.28. The van der Waals surface area contributed by atoms with E-state index in [4.69, 9.17) is 21.4 Å². The third-order valence-corrected chi connectivity index (χ3v) is 10.1. The average molecular weight is 651 g/mol. The summed E-state index contributed by atoms with van der Waals surface area (Å²) >= 11 is 7.31. The smallest absolute Gasteiger partial charge is 0.349 e. The number of rotatable bonds is 12. The van der Waals surface area contributed by atoms with E-state index in [-0.39, 0.29) is 33.5 Å². The predicted octanol–water partition coefficient (Wildman–Crippen LogP) is 4.78. The van der Waals surface area contributed by atoms with Crippen LogP contribution in [0.5, 0.6) is 5.75 Å². The highest BCUT2D eigenvalue weighted by Crippen LogP contribution is 2.46. The highest BCUT2D eigenvalue weighted by molar-refractivity contribution is 7.88. The van der Waals surface area contributed by atoms with Gasteiger partial charge in [-0.25, -0.2) is 27.1 Å². The van der Waals surface area contributed by atoms with Crippen LogP contribution in [0.15, 0.2) is 48.5 Å². The van der Waals surface area contributed by atoms with E-state index in [2.05, 4.69) is 16.0 Å². The normalized spacial score (nSPS) is 14.2. The summed E-state index contributed by atoms with van der Waals surface area (Å²) in [4.78, 5) is 34.7. The number of halogens is 1. The third kappa shape index (κ3) is 8.38. The molecule has 4 rings (SSSR count). The predicted molar refractivity (Wildman–Crippen MR) is 165 cm³/mol. The Kier molecular flexibility index (Phi) is 10.5. The van der Waals surface area contributed by atoms with Gasteiger partial charge in [0.25, 0.3) is 0 Å². The standard InChI is InChI=1S/C28H31ClN4O8S2/c1-2-30-28(38)32-20-7-3-5-17(13-20)16-43(39,40)33-11-9-19(10-12-33)31-21-8-4-6-18(14-21)25-23(29)24(41-15-22(34)35)26(42-25)27(36)37/h3-8,13-14,19,31H,2,9-12,15-16H2,1H3,(H,34,35)(H,36,37)(H2,30,32,38). The minimum Gasteiger partial charge on any atom is -0.479 e. The number of hydrogen-bond acceptors (Lipinski definition) is 8. The minimum absolute atomic E-state index is 0.00541. The highest BCUT2D eigenvalue weighted by atomic mass is 35.5. The fourth-order valence-corrected chi connectivity index (χ4v) is 7.58. The van der Waals surface area contributed by atoms with Gasteiger partial charge in [-0.2, -0.15) is 0 Å². The molecule has 3 aromatic rings. The molecule has 0 bridgehead atoms. The summed E-state index contributed by atoms with van der Waals surface area (Å²) in [5, 5.41) is 27.2. The molecule has 2 heterocycles. The first-order valence-electron chi connectivity index (χ1n) is 13.4. The first-order chi connectivity index (χ1) is 20.5. The number of aliphatic carboxylic acids is 1. The van der Waals surface area contributed by atoms with Crippen LogP contribution in [-0.4, -0.2) is 73.2 Å². The Balaban J connectivity index is 1.38. The van der Waals surface area contributed by atoms with Crippen LogP contribution in [0.3, 0.4) is 0 Å². The number of thiophene rings is 1. The molecule has 12 nitrogen and oxygen atoms in total. The first-order valence-corrected chi connectivity index (χ1v) is 16.2. The fourth-order valence-electron chi connectivity index (χ4n) is 4.63. The van der Waals surface area contributed by atoms with E-state index in [9.17, 15) is 27.9 Å². The van der Waals surface area contributed by atoms with E-state index in [1.807, 2.05) is 6.07 Å². The third-order valence-electron chi connectivity index (χ3n) is 6.56. The molecule has 0 spiro atoms. The van der Waals surface area contributed by atoms with Crippen molar-refractivity contribution < 1.29 is 37.8 Å². The molecule has 15 heteroatoms. The van der Waals surface area contributed by atoms with Crippen molar-refractivity contribution in [2.45, 2.75) is 31.6 Å². The molecule has 0 saturated carbocycles. The Morgan fingerprint density at radius 2 is 1.77 bits per heavy atom. The maximum Gasteiger partial charge on any atom is 0.349 e. The largest absolute Gasteiger partial charge is 0.479 e. The highest BCUT2D eigenvalue weighted by Gasteiger charge is 2.29. The van der Waals surface area contributed by atoms with Gasteiger partial charge in [-0.3, -0.25) is 0 Å². The number of aromatic carboxylic acids is 1. The summed E-state index contributed by atoms with van der Waals surface area (Å²) in [5.74, 6) is -2.91. The number of piperidine rings is 1. The van der Waals surface area contributed by atoms with E-state index >= 15 is 0 Å². The second-order valence-electron chi connectivity index (χ2n) is 9.73. The van der Waals surface area contributed by atoms with E-state index in [0.717, 1.165) is 17.0 Å². The molecular formula is C28H31ClN4O8S2. The molecule has 0 aliphatic carbocycles. The first kappa shape index (κ1) is 32.1. The van der Waals surface area contributed by atoms with Crippen molar-refractivity contribution in [2.24, 2.45) is 0 Å². The zero-order valence-electron chi connectivity index (χ0n) is 23.1.